The second kappa shape index (κ2) is 5.85. The molecule has 5 heteroatoms. The minimum atomic E-state index is -0.0194. The molecule has 0 saturated heterocycles. The highest BCUT2D eigenvalue weighted by Crippen LogP contribution is 2.43. The lowest BCUT2D eigenvalue weighted by molar-refractivity contribution is -0.777. The van der Waals surface area contributed by atoms with Gasteiger partial charge < -0.3 is 5.26 Å². The molecule has 110 valence electrons. The third kappa shape index (κ3) is 2.51. The minimum Gasteiger partial charge on any atom is -0.691 e. The van der Waals surface area contributed by atoms with Crippen LogP contribution in [0.1, 0.15) is 40.2 Å². The molecule has 1 aromatic rings. The highest BCUT2D eigenvalue weighted by Gasteiger charge is 2.46. The Hall–Kier alpha value is -0.880. The summed E-state index contributed by atoms with van der Waals surface area (Å²) in [6, 6.07) is 6.12. The Morgan fingerprint density at radius 3 is 2.60 bits per heavy atom. The number of hydrogen-bond donors (Lipinski definition) is 0. The van der Waals surface area contributed by atoms with Crippen molar-refractivity contribution in [3.8, 4) is 0 Å². The van der Waals surface area contributed by atoms with E-state index in [0.29, 0.717) is 5.92 Å². The Kier molecular flexibility index (Phi) is 4.54. The lowest BCUT2D eigenvalue weighted by Crippen LogP contribution is -2.33. The molecule has 0 saturated carbocycles. The van der Waals surface area contributed by atoms with Crippen LogP contribution in [0, 0.1) is 5.92 Å². The Bertz CT molecular complexity index is 538. The van der Waals surface area contributed by atoms with Gasteiger partial charge in [-0.2, -0.15) is 8.91 Å². The molecule has 0 bridgehead atoms. The number of benzene rings is 1. The number of hydrogen-bond acceptors (Lipinski definition) is 4. The van der Waals surface area contributed by atoms with Crippen molar-refractivity contribution >= 4 is 23.4 Å². The quantitative estimate of drug-likeness (QED) is 0.362. The van der Waals surface area contributed by atoms with Crippen LogP contribution in [0.5, 0.6) is 0 Å². The summed E-state index contributed by atoms with van der Waals surface area (Å²) in [6.45, 7) is 12.1. The third-order valence-electron chi connectivity index (χ3n) is 3.88. The van der Waals surface area contributed by atoms with Crippen LogP contribution in [0.2, 0.25) is 0 Å². The molecule has 0 unspecified atom stereocenters. The molecule has 0 fully saturated rings. The molecule has 1 aliphatic rings. The van der Waals surface area contributed by atoms with Gasteiger partial charge in [-0.05, 0) is 32.9 Å². The van der Waals surface area contributed by atoms with Gasteiger partial charge in [0.2, 0.25) is 5.69 Å². The Labute approximate surface area is 124 Å². The molecule has 0 spiro atoms. The fourth-order valence-corrected chi connectivity index (χ4v) is 3.73. The monoisotopic (exact) mass is 295 g/mol. The molecule has 0 atom stereocenters. The molecule has 1 aliphatic heterocycles. The standard InChI is InChI=1S/C15H21NO3S/c1-6-16-13-8-7-11(20-19-18-17)9-12(13)15(4,5)14(16)10(2)3/h7-10H,6H2,1-5H3. The average molecular weight is 295 g/mol. The van der Waals surface area contributed by atoms with Gasteiger partial charge >= 0.3 is 0 Å². The first-order valence-electron chi connectivity index (χ1n) is 6.86. The lowest BCUT2D eigenvalue weighted by atomic mass is 9.77. The normalized spacial score (nSPS) is 16.9. The van der Waals surface area contributed by atoms with E-state index in [-0.39, 0.29) is 5.41 Å². The van der Waals surface area contributed by atoms with Crippen molar-refractivity contribution in [1.29, 1.82) is 0 Å². The molecule has 0 amide bonds. The smallest absolute Gasteiger partial charge is 0.209 e. The molecule has 1 aromatic carbocycles. The summed E-state index contributed by atoms with van der Waals surface area (Å²) in [5.74, 6) is 0.481. The molecule has 0 aromatic heterocycles. The van der Waals surface area contributed by atoms with Crippen LogP contribution in [0.15, 0.2) is 23.1 Å². The molecule has 0 aliphatic carbocycles. The van der Waals surface area contributed by atoms with Gasteiger partial charge in [0.1, 0.15) is 6.54 Å². The van der Waals surface area contributed by atoms with Crippen LogP contribution in [0.4, 0.5) is 5.69 Å². The summed E-state index contributed by atoms with van der Waals surface area (Å²) >= 11 is 0.943. The van der Waals surface area contributed by atoms with E-state index in [2.05, 4.69) is 60.7 Å². The second-order valence-electron chi connectivity index (χ2n) is 5.81. The van der Waals surface area contributed by atoms with Crippen LogP contribution < -0.4 is 5.26 Å². The summed E-state index contributed by atoms with van der Waals surface area (Å²) in [5.41, 5.74) is 3.92. The van der Waals surface area contributed by atoms with Crippen molar-refractivity contribution < 1.29 is 19.2 Å². The summed E-state index contributed by atoms with van der Waals surface area (Å²) in [6.07, 6.45) is 0. The van der Waals surface area contributed by atoms with Gasteiger partial charge in [0, 0.05) is 22.4 Å². The number of nitrogens with zero attached hydrogens (tertiary/aromatic N) is 1. The maximum atomic E-state index is 9.95. The van der Waals surface area contributed by atoms with Crippen molar-refractivity contribution in [3.05, 3.63) is 23.8 Å². The van der Waals surface area contributed by atoms with Gasteiger partial charge in [-0.3, -0.25) is 5.04 Å². The molecular weight excluding hydrogens is 274 g/mol. The average Bonchev–Trinajstić information content (AvgIpc) is 2.63. The molecule has 4 nitrogen and oxygen atoms in total. The Balaban J connectivity index is 2.49. The Morgan fingerprint density at radius 1 is 1.35 bits per heavy atom. The molecule has 1 heterocycles. The summed E-state index contributed by atoms with van der Waals surface area (Å²) < 4.78 is 6.80. The van der Waals surface area contributed by atoms with E-state index in [9.17, 15) is 5.26 Å². The zero-order chi connectivity index (χ0) is 14.9. The molecule has 2 rings (SSSR count). The van der Waals surface area contributed by atoms with E-state index in [0.717, 1.165) is 23.5 Å². The van der Waals surface area contributed by atoms with E-state index < -0.39 is 0 Å². The molecule has 20 heavy (non-hydrogen) atoms. The number of rotatable bonds is 5. The predicted octanol–water partition coefficient (Wildman–Crippen LogP) is 2.97. The van der Waals surface area contributed by atoms with E-state index in [1.54, 1.807) is 0 Å². The van der Waals surface area contributed by atoms with Crippen LogP contribution in [-0.2, 0) is 14.8 Å². The van der Waals surface area contributed by atoms with Crippen molar-refractivity contribution in [2.24, 2.45) is 5.92 Å². The van der Waals surface area contributed by atoms with Crippen LogP contribution >= 0.6 is 12.0 Å². The highest BCUT2D eigenvalue weighted by atomic mass is 32.2. The summed E-state index contributed by atoms with van der Waals surface area (Å²) in [7, 11) is 0. The van der Waals surface area contributed by atoms with Gasteiger partial charge in [0.05, 0.1) is 17.5 Å². The second-order valence-corrected chi connectivity index (χ2v) is 6.58. The maximum Gasteiger partial charge on any atom is 0.209 e. The first-order chi connectivity index (χ1) is 9.43. The highest BCUT2D eigenvalue weighted by molar-refractivity contribution is 7.94. The third-order valence-corrected chi connectivity index (χ3v) is 4.45. The van der Waals surface area contributed by atoms with E-state index in [4.69, 9.17) is 0 Å². The first kappa shape index (κ1) is 15.5. The van der Waals surface area contributed by atoms with E-state index in [1.165, 1.54) is 17.0 Å². The summed E-state index contributed by atoms with van der Waals surface area (Å²) in [4.78, 5) is 0.869. The zero-order valence-corrected chi connectivity index (χ0v) is 13.4. The first-order valence-corrected chi connectivity index (χ1v) is 7.60. The lowest BCUT2D eigenvalue weighted by Gasteiger charge is -2.20. The predicted molar refractivity (Wildman–Crippen MR) is 77.8 cm³/mol. The fourth-order valence-electron chi connectivity index (χ4n) is 3.34. The van der Waals surface area contributed by atoms with Crippen molar-refractivity contribution in [1.82, 2.24) is 0 Å². The van der Waals surface area contributed by atoms with Crippen molar-refractivity contribution in [3.63, 3.8) is 0 Å². The van der Waals surface area contributed by atoms with Gasteiger partial charge in [0.15, 0.2) is 5.71 Å². The van der Waals surface area contributed by atoms with Gasteiger partial charge in [0.25, 0.3) is 0 Å². The minimum absolute atomic E-state index is 0.0194. The van der Waals surface area contributed by atoms with Crippen LogP contribution in [0.3, 0.4) is 0 Å². The Morgan fingerprint density at radius 2 is 2.05 bits per heavy atom. The summed E-state index contributed by atoms with van der Waals surface area (Å²) in [5, 5.41) is 13.4. The van der Waals surface area contributed by atoms with Crippen LogP contribution in [0.25, 0.3) is 0 Å². The fraction of sp³-hybridized carbons (Fsp3) is 0.533. The van der Waals surface area contributed by atoms with Crippen LogP contribution in [-0.4, -0.2) is 16.8 Å². The van der Waals surface area contributed by atoms with Gasteiger partial charge in [-0.15, -0.1) is 0 Å². The van der Waals surface area contributed by atoms with Gasteiger partial charge in [-0.1, -0.05) is 13.8 Å². The van der Waals surface area contributed by atoms with Crippen molar-refractivity contribution in [2.45, 2.75) is 44.9 Å². The molecular formula is C15H21NO3S. The van der Waals surface area contributed by atoms with E-state index in [1.807, 2.05) is 6.07 Å². The number of fused-ring (bicyclic) bond motifs is 1. The largest absolute Gasteiger partial charge is 0.691 e. The van der Waals surface area contributed by atoms with Gasteiger partial charge in [-0.25, -0.2) is 0 Å². The zero-order valence-electron chi connectivity index (χ0n) is 12.6. The molecule has 0 N–H and O–H groups in total. The maximum absolute atomic E-state index is 9.95. The van der Waals surface area contributed by atoms with Crippen molar-refractivity contribution in [2.75, 3.05) is 6.54 Å². The SMILES string of the molecule is CC[N+]1=C(C(C)C)C(C)(C)c2cc(SOO[O-])ccc21. The van der Waals surface area contributed by atoms with E-state index >= 15 is 0 Å². The molecule has 0 radical (unpaired) electrons. The topological polar surface area (TPSA) is 44.5 Å².